The first-order chi connectivity index (χ1) is 8.79. The monoisotopic (exact) mass is 245 g/mol. The summed E-state index contributed by atoms with van der Waals surface area (Å²) in [5.74, 6) is 0.284. The number of carbonyl (C=O) groups is 1. The maximum absolute atomic E-state index is 11.9. The highest BCUT2D eigenvalue weighted by atomic mass is 16.2. The summed E-state index contributed by atoms with van der Waals surface area (Å²) in [6.07, 6.45) is 5.44. The van der Waals surface area contributed by atoms with E-state index in [1.54, 1.807) is 0 Å². The van der Waals surface area contributed by atoms with Crippen LogP contribution in [0.3, 0.4) is 0 Å². The Morgan fingerprint density at radius 2 is 1.94 bits per heavy atom. The van der Waals surface area contributed by atoms with Gasteiger partial charge in [-0.3, -0.25) is 4.79 Å². The maximum Gasteiger partial charge on any atom is 0.227 e. The van der Waals surface area contributed by atoms with Gasteiger partial charge >= 0.3 is 0 Å². The Kier molecular flexibility index (Phi) is 3.08. The lowest BCUT2D eigenvalue weighted by atomic mass is 9.89. The number of rotatable bonds is 3. The second-order valence-corrected chi connectivity index (χ2v) is 5.24. The molecule has 0 aromatic heterocycles. The number of anilines is 1. The van der Waals surface area contributed by atoms with Crippen molar-refractivity contribution in [1.82, 2.24) is 0 Å². The van der Waals surface area contributed by atoms with Crippen molar-refractivity contribution in [2.75, 3.05) is 18.1 Å². The van der Waals surface area contributed by atoms with Gasteiger partial charge in [-0.1, -0.05) is 12.1 Å². The second-order valence-electron chi connectivity index (χ2n) is 5.24. The van der Waals surface area contributed by atoms with Crippen molar-refractivity contribution < 1.29 is 9.90 Å². The number of carbonyl (C=O) groups excluding carboxylic acids is 1. The Bertz CT molecular complexity index is 464. The minimum atomic E-state index is 0.247. The zero-order valence-corrected chi connectivity index (χ0v) is 10.6. The number of hydrogen-bond acceptors (Lipinski definition) is 2. The highest BCUT2D eigenvalue weighted by Gasteiger charge is 2.29. The predicted molar refractivity (Wildman–Crippen MR) is 70.8 cm³/mol. The lowest BCUT2D eigenvalue weighted by Gasteiger charge is -2.35. The Hall–Kier alpha value is -1.35. The van der Waals surface area contributed by atoms with Crippen molar-refractivity contribution in [3.05, 3.63) is 28.8 Å². The molecule has 0 unspecified atom stereocenters. The third-order valence-electron chi connectivity index (χ3n) is 3.96. The third-order valence-corrected chi connectivity index (χ3v) is 3.96. The Balaban J connectivity index is 2.00. The molecule has 2 heterocycles. The molecule has 3 nitrogen and oxygen atoms in total. The quantitative estimate of drug-likeness (QED) is 0.882. The average Bonchev–Trinajstić information content (AvgIpc) is 2.40. The molecule has 0 spiro atoms. The van der Waals surface area contributed by atoms with Crippen LogP contribution < -0.4 is 4.90 Å². The fourth-order valence-corrected chi connectivity index (χ4v) is 3.15. The van der Waals surface area contributed by atoms with E-state index in [9.17, 15) is 4.79 Å². The molecule has 3 heteroatoms. The molecule has 0 radical (unpaired) electrons. The normalized spacial score (nSPS) is 17.8. The standard InChI is InChI=1S/C15H19NO2/c17-8-2-3-11-9-12-4-1-7-16-14(18)6-5-13(10-11)15(12)16/h9-10,17H,1-8H2. The van der Waals surface area contributed by atoms with E-state index in [4.69, 9.17) is 5.11 Å². The van der Waals surface area contributed by atoms with E-state index >= 15 is 0 Å². The topological polar surface area (TPSA) is 40.5 Å². The van der Waals surface area contributed by atoms with Crippen LogP contribution in [-0.2, 0) is 24.1 Å². The third kappa shape index (κ3) is 1.93. The van der Waals surface area contributed by atoms with E-state index in [1.165, 1.54) is 22.4 Å². The predicted octanol–water partition coefficient (Wildman–Crippen LogP) is 1.84. The molecule has 3 rings (SSSR count). The van der Waals surface area contributed by atoms with Crippen molar-refractivity contribution in [2.24, 2.45) is 0 Å². The molecule has 1 aromatic rings. The highest BCUT2D eigenvalue weighted by Crippen LogP contribution is 2.36. The molecule has 0 fully saturated rings. The Morgan fingerprint density at radius 1 is 1.17 bits per heavy atom. The summed E-state index contributed by atoms with van der Waals surface area (Å²) in [5, 5.41) is 8.93. The molecule has 1 amide bonds. The van der Waals surface area contributed by atoms with Gasteiger partial charge in [0, 0.05) is 19.6 Å². The van der Waals surface area contributed by atoms with Crippen molar-refractivity contribution >= 4 is 11.6 Å². The van der Waals surface area contributed by atoms with Crippen LogP contribution in [0.2, 0.25) is 0 Å². The van der Waals surface area contributed by atoms with E-state index in [-0.39, 0.29) is 12.5 Å². The van der Waals surface area contributed by atoms with Gasteiger partial charge in [-0.05, 0) is 48.8 Å². The lowest BCUT2D eigenvalue weighted by molar-refractivity contribution is -0.119. The van der Waals surface area contributed by atoms with Gasteiger partial charge in [0.05, 0.1) is 5.69 Å². The van der Waals surface area contributed by atoms with Crippen molar-refractivity contribution in [1.29, 1.82) is 0 Å². The van der Waals surface area contributed by atoms with Gasteiger partial charge in [-0.2, -0.15) is 0 Å². The van der Waals surface area contributed by atoms with E-state index < -0.39 is 0 Å². The molecule has 18 heavy (non-hydrogen) atoms. The summed E-state index contributed by atoms with van der Waals surface area (Å²) in [5.41, 5.74) is 5.18. The molecule has 2 aliphatic rings. The van der Waals surface area contributed by atoms with Crippen LogP contribution in [0.1, 0.15) is 36.0 Å². The van der Waals surface area contributed by atoms with Gasteiger partial charge in [-0.25, -0.2) is 0 Å². The smallest absolute Gasteiger partial charge is 0.227 e. The number of hydrogen-bond donors (Lipinski definition) is 1. The van der Waals surface area contributed by atoms with E-state index in [0.29, 0.717) is 6.42 Å². The van der Waals surface area contributed by atoms with Crippen LogP contribution in [0.5, 0.6) is 0 Å². The van der Waals surface area contributed by atoms with E-state index in [2.05, 4.69) is 12.1 Å². The minimum absolute atomic E-state index is 0.247. The largest absolute Gasteiger partial charge is 0.396 e. The molecular weight excluding hydrogens is 226 g/mol. The summed E-state index contributed by atoms with van der Waals surface area (Å²) in [6, 6.07) is 4.47. The first kappa shape index (κ1) is 11.7. The van der Waals surface area contributed by atoms with Gasteiger partial charge in [0.15, 0.2) is 0 Å². The SMILES string of the molecule is O=C1CCc2cc(CCCO)cc3c2N1CCC3. The number of aliphatic hydroxyl groups excluding tert-OH is 1. The van der Waals surface area contributed by atoms with E-state index in [0.717, 1.165) is 38.6 Å². The number of aryl methyl sites for hydroxylation is 3. The zero-order valence-electron chi connectivity index (χ0n) is 10.6. The second kappa shape index (κ2) is 4.73. The molecular formula is C15H19NO2. The van der Waals surface area contributed by atoms with Crippen molar-refractivity contribution in [3.8, 4) is 0 Å². The molecule has 2 aliphatic heterocycles. The Labute approximate surface area is 107 Å². The van der Waals surface area contributed by atoms with Gasteiger partial charge in [-0.15, -0.1) is 0 Å². The van der Waals surface area contributed by atoms with Crippen LogP contribution in [0.15, 0.2) is 12.1 Å². The van der Waals surface area contributed by atoms with Crippen molar-refractivity contribution in [3.63, 3.8) is 0 Å². The highest BCUT2D eigenvalue weighted by molar-refractivity contribution is 5.97. The molecule has 0 bridgehead atoms. The summed E-state index contributed by atoms with van der Waals surface area (Å²) in [4.78, 5) is 13.9. The molecule has 0 atom stereocenters. The molecule has 0 aliphatic carbocycles. The summed E-state index contributed by atoms with van der Waals surface area (Å²) in [7, 11) is 0. The number of nitrogens with zero attached hydrogens (tertiary/aromatic N) is 1. The van der Waals surface area contributed by atoms with Crippen molar-refractivity contribution in [2.45, 2.75) is 38.5 Å². The van der Waals surface area contributed by atoms with Gasteiger partial charge in [0.1, 0.15) is 0 Å². The van der Waals surface area contributed by atoms with E-state index in [1.807, 2.05) is 4.90 Å². The summed E-state index contributed by atoms with van der Waals surface area (Å²) >= 11 is 0. The molecule has 0 saturated carbocycles. The van der Waals surface area contributed by atoms with Crippen LogP contribution in [0.4, 0.5) is 5.69 Å². The number of amides is 1. The van der Waals surface area contributed by atoms with Crippen LogP contribution in [0.25, 0.3) is 0 Å². The first-order valence-corrected chi connectivity index (χ1v) is 6.85. The number of aliphatic hydroxyl groups is 1. The van der Waals surface area contributed by atoms with Crippen LogP contribution in [0, 0.1) is 0 Å². The molecule has 1 aromatic carbocycles. The number of benzene rings is 1. The van der Waals surface area contributed by atoms with Gasteiger partial charge in [0.2, 0.25) is 5.91 Å². The minimum Gasteiger partial charge on any atom is -0.396 e. The Morgan fingerprint density at radius 3 is 2.72 bits per heavy atom. The fourth-order valence-electron chi connectivity index (χ4n) is 3.15. The van der Waals surface area contributed by atoms with Gasteiger partial charge < -0.3 is 10.0 Å². The zero-order chi connectivity index (χ0) is 12.5. The summed E-state index contributed by atoms with van der Waals surface area (Å²) in [6.45, 7) is 1.13. The van der Waals surface area contributed by atoms with Crippen LogP contribution >= 0.6 is 0 Å². The lowest BCUT2D eigenvalue weighted by Crippen LogP contribution is -2.39. The molecule has 1 N–H and O–H groups in total. The first-order valence-electron chi connectivity index (χ1n) is 6.85. The van der Waals surface area contributed by atoms with Crippen LogP contribution in [-0.4, -0.2) is 24.2 Å². The summed E-state index contributed by atoms with van der Waals surface area (Å²) < 4.78 is 0. The van der Waals surface area contributed by atoms with Gasteiger partial charge in [0.25, 0.3) is 0 Å². The molecule has 0 saturated heterocycles. The average molecular weight is 245 g/mol. The fraction of sp³-hybridized carbons (Fsp3) is 0.533. The molecule has 96 valence electrons. The maximum atomic E-state index is 11.9.